The van der Waals surface area contributed by atoms with Crippen molar-refractivity contribution in [2.45, 2.75) is 38.7 Å². The first-order chi connectivity index (χ1) is 11.6. The Bertz CT molecular complexity index is 574. The molecule has 3 rings (SSSR count). The second-order valence-corrected chi connectivity index (χ2v) is 7.31. The molecule has 2 N–H and O–H groups in total. The van der Waals surface area contributed by atoms with Gasteiger partial charge in [-0.05, 0) is 43.8 Å². The van der Waals surface area contributed by atoms with Gasteiger partial charge < -0.3 is 20.3 Å². The Morgan fingerprint density at radius 1 is 1.38 bits per heavy atom. The van der Waals surface area contributed by atoms with E-state index in [0.29, 0.717) is 22.8 Å². The maximum absolute atomic E-state index is 6.16. The van der Waals surface area contributed by atoms with Crippen molar-refractivity contribution in [2.75, 3.05) is 36.5 Å². The molecule has 0 saturated carbocycles. The van der Waals surface area contributed by atoms with Crippen molar-refractivity contribution in [3.8, 4) is 0 Å². The molecule has 0 spiro atoms. The minimum atomic E-state index is 0.232. The van der Waals surface area contributed by atoms with Crippen LogP contribution in [0, 0.1) is 5.92 Å². The first kappa shape index (κ1) is 17.6. The molecular weight excluding hydrogens is 346 g/mol. The highest BCUT2D eigenvalue weighted by atomic mass is 35.5. The van der Waals surface area contributed by atoms with E-state index in [1.165, 1.54) is 12.8 Å². The smallest absolute Gasteiger partial charge is 0.232 e. The number of hydrogen-bond donors (Lipinski definition) is 2. The van der Waals surface area contributed by atoms with E-state index in [1.54, 1.807) is 0 Å². The molecule has 0 aromatic carbocycles. The van der Waals surface area contributed by atoms with E-state index in [1.807, 2.05) is 6.07 Å². The summed E-state index contributed by atoms with van der Waals surface area (Å²) in [5, 5.41) is 7.09. The van der Waals surface area contributed by atoms with Gasteiger partial charge in [0.2, 0.25) is 5.95 Å². The highest BCUT2D eigenvalue weighted by Gasteiger charge is 2.19. The maximum Gasteiger partial charge on any atom is 0.232 e. The number of thiocarbonyl (C=S) groups is 1. The zero-order valence-electron chi connectivity index (χ0n) is 13.9. The number of anilines is 2. The summed E-state index contributed by atoms with van der Waals surface area (Å²) in [6, 6.07) is 1.81. The van der Waals surface area contributed by atoms with Crippen LogP contribution in [-0.2, 0) is 4.74 Å². The molecule has 0 aliphatic carbocycles. The molecule has 2 fully saturated rings. The Morgan fingerprint density at radius 2 is 2.17 bits per heavy atom. The predicted molar refractivity (Wildman–Crippen MR) is 101 cm³/mol. The molecule has 8 heteroatoms. The van der Waals surface area contributed by atoms with Crippen LogP contribution in [0.2, 0.25) is 5.15 Å². The molecule has 132 valence electrons. The minimum Gasteiger partial charge on any atom is -0.376 e. The Labute approximate surface area is 153 Å². The zero-order chi connectivity index (χ0) is 16.9. The highest BCUT2D eigenvalue weighted by molar-refractivity contribution is 7.80. The number of hydrogen-bond acceptors (Lipinski definition) is 5. The lowest BCUT2D eigenvalue weighted by molar-refractivity contribution is 0.114. The van der Waals surface area contributed by atoms with Gasteiger partial charge in [-0.1, -0.05) is 18.5 Å². The van der Waals surface area contributed by atoms with Gasteiger partial charge in [-0.2, -0.15) is 4.98 Å². The predicted octanol–water partition coefficient (Wildman–Crippen LogP) is 2.83. The third-order valence-electron chi connectivity index (χ3n) is 4.53. The van der Waals surface area contributed by atoms with Gasteiger partial charge in [0.15, 0.2) is 5.11 Å². The molecule has 2 aliphatic heterocycles. The first-order valence-electron chi connectivity index (χ1n) is 8.56. The summed E-state index contributed by atoms with van der Waals surface area (Å²) in [5.74, 6) is 2.05. The van der Waals surface area contributed by atoms with Crippen LogP contribution in [0.15, 0.2) is 6.07 Å². The van der Waals surface area contributed by atoms with Gasteiger partial charge in [-0.3, -0.25) is 0 Å². The normalized spacial score (nSPS) is 21.8. The number of ether oxygens (including phenoxy) is 1. The summed E-state index contributed by atoms with van der Waals surface area (Å²) >= 11 is 11.5. The SMILES string of the molecule is CC1CCN(c2cc(Cl)nc(NC(=S)NC[C@@H]3CCCO3)n2)CC1. The van der Waals surface area contributed by atoms with E-state index in [2.05, 4.69) is 32.4 Å². The molecule has 24 heavy (non-hydrogen) atoms. The topological polar surface area (TPSA) is 62.3 Å². The van der Waals surface area contributed by atoms with Gasteiger partial charge in [0, 0.05) is 32.3 Å². The molecule has 0 radical (unpaired) electrons. The van der Waals surface area contributed by atoms with Crippen LogP contribution in [0.4, 0.5) is 11.8 Å². The number of halogens is 1. The van der Waals surface area contributed by atoms with Crippen molar-refractivity contribution >= 4 is 40.7 Å². The van der Waals surface area contributed by atoms with Gasteiger partial charge in [-0.15, -0.1) is 0 Å². The van der Waals surface area contributed by atoms with E-state index in [-0.39, 0.29) is 6.10 Å². The van der Waals surface area contributed by atoms with Crippen molar-refractivity contribution < 1.29 is 4.74 Å². The van der Waals surface area contributed by atoms with Crippen LogP contribution in [0.5, 0.6) is 0 Å². The number of nitrogens with one attached hydrogen (secondary N) is 2. The van der Waals surface area contributed by atoms with Crippen LogP contribution >= 0.6 is 23.8 Å². The summed E-state index contributed by atoms with van der Waals surface area (Å²) < 4.78 is 5.57. The fourth-order valence-electron chi connectivity index (χ4n) is 3.02. The molecule has 2 aliphatic rings. The van der Waals surface area contributed by atoms with Crippen molar-refractivity contribution in [1.29, 1.82) is 0 Å². The summed E-state index contributed by atoms with van der Waals surface area (Å²) in [7, 11) is 0. The number of nitrogens with zero attached hydrogens (tertiary/aromatic N) is 3. The Morgan fingerprint density at radius 3 is 2.88 bits per heavy atom. The van der Waals surface area contributed by atoms with Gasteiger partial charge >= 0.3 is 0 Å². The molecule has 0 amide bonds. The highest BCUT2D eigenvalue weighted by Crippen LogP contribution is 2.24. The van der Waals surface area contributed by atoms with Crippen LogP contribution in [-0.4, -0.2) is 47.4 Å². The van der Waals surface area contributed by atoms with E-state index in [4.69, 9.17) is 28.6 Å². The van der Waals surface area contributed by atoms with Crippen LogP contribution in [0.1, 0.15) is 32.6 Å². The molecule has 6 nitrogen and oxygen atoms in total. The Hall–Kier alpha value is -1.18. The molecule has 3 heterocycles. The van der Waals surface area contributed by atoms with Gasteiger partial charge in [-0.25, -0.2) is 4.98 Å². The summed E-state index contributed by atoms with van der Waals surface area (Å²) in [4.78, 5) is 11.0. The number of piperidine rings is 1. The average Bonchev–Trinajstić information content (AvgIpc) is 3.06. The fourth-order valence-corrected chi connectivity index (χ4v) is 3.37. The number of rotatable bonds is 4. The van der Waals surface area contributed by atoms with E-state index < -0.39 is 0 Å². The third kappa shape index (κ3) is 4.91. The van der Waals surface area contributed by atoms with Crippen molar-refractivity contribution in [3.05, 3.63) is 11.2 Å². The molecule has 2 saturated heterocycles. The maximum atomic E-state index is 6.16. The lowest BCUT2D eigenvalue weighted by Gasteiger charge is -2.31. The summed E-state index contributed by atoms with van der Waals surface area (Å²) in [6.45, 7) is 5.81. The monoisotopic (exact) mass is 369 g/mol. The second-order valence-electron chi connectivity index (χ2n) is 6.51. The van der Waals surface area contributed by atoms with Gasteiger partial charge in [0.1, 0.15) is 11.0 Å². The third-order valence-corrected chi connectivity index (χ3v) is 4.97. The van der Waals surface area contributed by atoms with Crippen LogP contribution < -0.4 is 15.5 Å². The first-order valence-corrected chi connectivity index (χ1v) is 9.35. The molecule has 1 atom stereocenters. The van der Waals surface area contributed by atoms with Crippen LogP contribution in [0.25, 0.3) is 0 Å². The fraction of sp³-hybridized carbons (Fsp3) is 0.688. The van der Waals surface area contributed by atoms with Crippen molar-refractivity contribution in [3.63, 3.8) is 0 Å². The second kappa shape index (κ2) is 8.27. The molecule has 1 aromatic heterocycles. The average molecular weight is 370 g/mol. The molecule has 1 aromatic rings. The van der Waals surface area contributed by atoms with E-state index in [9.17, 15) is 0 Å². The van der Waals surface area contributed by atoms with Crippen molar-refractivity contribution in [1.82, 2.24) is 15.3 Å². The zero-order valence-corrected chi connectivity index (χ0v) is 15.5. The Balaban J connectivity index is 1.57. The molecule has 0 unspecified atom stereocenters. The lowest BCUT2D eigenvalue weighted by Crippen LogP contribution is -2.36. The van der Waals surface area contributed by atoms with E-state index in [0.717, 1.165) is 44.3 Å². The summed E-state index contributed by atoms with van der Waals surface area (Å²) in [5.41, 5.74) is 0. The number of aromatic nitrogens is 2. The van der Waals surface area contributed by atoms with Crippen molar-refractivity contribution in [2.24, 2.45) is 5.92 Å². The van der Waals surface area contributed by atoms with E-state index >= 15 is 0 Å². The summed E-state index contributed by atoms with van der Waals surface area (Å²) in [6.07, 6.45) is 4.76. The Kier molecular flexibility index (Phi) is 6.08. The molecular formula is C16H24ClN5OS. The standard InChI is InChI=1S/C16H24ClN5OS/c1-11-4-6-22(7-5-11)14-9-13(17)19-15(20-14)21-16(24)18-10-12-3-2-8-23-12/h9,11-12H,2-8,10H2,1H3,(H2,18,19,20,21,24)/t12-/m0/s1. The van der Waals surface area contributed by atoms with Gasteiger partial charge in [0.05, 0.1) is 6.10 Å². The lowest BCUT2D eigenvalue weighted by atomic mass is 9.99. The molecule has 0 bridgehead atoms. The van der Waals surface area contributed by atoms with Gasteiger partial charge in [0.25, 0.3) is 0 Å². The largest absolute Gasteiger partial charge is 0.376 e. The van der Waals surface area contributed by atoms with Crippen LogP contribution in [0.3, 0.4) is 0 Å². The quantitative estimate of drug-likeness (QED) is 0.625. The minimum absolute atomic E-state index is 0.232.